The van der Waals surface area contributed by atoms with E-state index in [1.54, 1.807) is 24.3 Å². The third kappa shape index (κ3) is 6.39. The highest BCUT2D eigenvalue weighted by Gasteiger charge is 2.04. The van der Waals surface area contributed by atoms with Crippen molar-refractivity contribution in [2.75, 3.05) is 19.8 Å². The molecule has 0 fully saturated rings. The van der Waals surface area contributed by atoms with Gasteiger partial charge in [0.25, 0.3) is 0 Å². The summed E-state index contributed by atoms with van der Waals surface area (Å²) in [7, 11) is 0. The zero-order valence-corrected chi connectivity index (χ0v) is 11.4. The SMILES string of the molecule is NC(=O)COCCNC(=O)Cc1ccc(/C(N)=N/O)cc1. The van der Waals surface area contributed by atoms with Gasteiger partial charge in [0.05, 0.1) is 13.0 Å². The maximum absolute atomic E-state index is 11.6. The summed E-state index contributed by atoms with van der Waals surface area (Å²) < 4.78 is 4.91. The topological polar surface area (TPSA) is 140 Å². The quantitative estimate of drug-likeness (QED) is 0.159. The van der Waals surface area contributed by atoms with Gasteiger partial charge in [-0.15, -0.1) is 0 Å². The Morgan fingerprint density at radius 1 is 1.24 bits per heavy atom. The fourth-order valence-electron chi connectivity index (χ4n) is 1.53. The Morgan fingerprint density at radius 3 is 2.48 bits per heavy atom. The van der Waals surface area contributed by atoms with E-state index in [0.717, 1.165) is 5.56 Å². The standard InChI is InChI=1S/C13H18N4O4/c14-11(18)8-21-6-5-16-12(19)7-9-1-3-10(4-2-9)13(15)17-20/h1-4,20H,5-8H2,(H2,14,18)(H2,15,17)(H,16,19). The smallest absolute Gasteiger partial charge is 0.243 e. The molecule has 1 rings (SSSR count). The van der Waals surface area contributed by atoms with Crippen molar-refractivity contribution >= 4 is 17.6 Å². The first-order chi connectivity index (χ1) is 10.0. The van der Waals surface area contributed by atoms with E-state index in [9.17, 15) is 9.59 Å². The van der Waals surface area contributed by atoms with Gasteiger partial charge in [-0.2, -0.15) is 0 Å². The molecule has 0 aliphatic rings. The van der Waals surface area contributed by atoms with Gasteiger partial charge < -0.3 is 26.7 Å². The first-order valence-electron chi connectivity index (χ1n) is 6.22. The molecule has 0 spiro atoms. The van der Waals surface area contributed by atoms with Crippen molar-refractivity contribution in [3.63, 3.8) is 0 Å². The Kier molecular flexibility index (Phi) is 6.69. The van der Waals surface area contributed by atoms with Crippen LogP contribution < -0.4 is 16.8 Å². The molecule has 1 aromatic carbocycles. The molecule has 0 heterocycles. The normalized spacial score (nSPS) is 11.1. The van der Waals surface area contributed by atoms with Crippen LogP contribution in [0.15, 0.2) is 29.4 Å². The van der Waals surface area contributed by atoms with Gasteiger partial charge >= 0.3 is 0 Å². The first kappa shape index (κ1) is 16.4. The van der Waals surface area contributed by atoms with Crippen molar-refractivity contribution in [2.24, 2.45) is 16.6 Å². The van der Waals surface area contributed by atoms with Crippen molar-refractivity contribution in [2.45, 2.75) is 6.42 Å². The summed E-state index contributed by atoms with van der Waals surface area (Å²) in [5.74, 6) is -0.709. The van der Waals surface area contributed by atoms with Crippen LogP contribution in [0.4, 0.5) is 0 Å². The van der Waals surface area contributed by atoms with Crippen molar-refractivity contribution in [1.82, 2.24) is 5.32 Å². The number of carbonyl (C=O) groups is 2. The summed E-state index contributed by atoms with van der Waals surface area (Å²) in [4.78, 5) is 22.0. The molecule has 2 amide bonds. The third-order valence-corrected chi connectivity index (χ3v) is 2.54. The minimum Gasteiger partial charge on any atom is -0.409 e. The molecular weight excluding hydrogens is 276 g/mol. The number of primary amides is 1. The molecule has 0 bridgehead atoms. The fourth-order valence-corrected chi connectivity index (χ4v) is 1.53. The second-order valence-corrected chi connectivity index (χ2v) is 4.23. The Labute approximate surface area is 121 Å². The Hall–Kier alpha value is -2.61. The lowest BCUT2D eigenvalue weighted by Crippen LogP contribution is -2.29. The number of hydrogen-bond acceptors (Lipinski definition) is 5. The average Bonchev–Trinajstić information content (AvgIpc) is 2.46. The van der Waals surface area contributed by atoms with Crippen molar-refractivity contribution in [3.05, 3.63) is 35.4 Å². The predicted molar refractivity (Wildman–Crippen MR) is 75.7 cm³/mol. The van der Waals surface area contributed by atoms with E-state index < -0.39 is 5.91 Å². The molecule has 6 N–H and O–H groups in total. The number of amidine groups is 1. The van der Waals surface area contributed by atoms with E-state index >= 15 is 0 Å². The first-order valence-corrected chi connectivity index (χ1v) is 6.22. The molecule has 8 nitrogen and oxygen atoms in total. The van der Waals surface area contributed by atoms with Crippen LogP contribution in [-0.2, 0) is 20.7 Å². The van der Waals surface area contributed by atoms with Gasteiger partial charge in [0.15, 0.2) is 5.84 Å². The van der Waals surface area contributed by atoms with Gasteiger partial charge in [-0.05, 0) is 5.56 Å². The van der Waals surface area contributed by atoms with Gasteiger partial charge in [0.2, 0.25) is 11.8 Å². The molecule has 0 saturated carbocycles. The number of ether oxygens (including phenoxy) is 1. The lowest BCUT2D eigenvalue weighted by molar-refractivity contribution is -0.122. The van der Waals surface area contributed by atoms with Crippen LogP contribution in [-0.4, -0.2) is 42.6 Å². The van der Waals surface area contributed by atoms with Crippen molar-refractivity contribution < 1.29 is 19.5 Å². The van der Waals surface area contributed by atoms with Crippen LogP contribution in [0.25, 0.3) is 0 Å². The summed E-state index contributed by atoms with van der Waals surface area (Å²) in [5.41, 5.74) is 11.7. The Morgan fingerprint density at radius 2 is 1.90 bits per heavy atom. The molecule has 8 heteroatoms. The summed E-state index contributed by atoms with van der Waals surface area (Å²) in [5, 5.41) is 14.1. The van der Waals surface area contributed by atoms with E-state index in [1.807, 2.05) is 0 Å². The highest BCUT2D eigenvalue weighted by molar-refractivity contribution is 5.97. The number of rotatable bonds is 8. The average molecular weight is 294 g/mol. The van der Waals surface area contributed by atoms with E-state index in [0.29, 0.717) is 12.1 Å². The van der Waals surface area contributed by atoms with Gasteiger partial charge in [0, 0.05) is 12.1 Å². The summed E-state index contributed by atoms with van der Waals surface area (Å²) >= 11 is 0. The number of nitrogens with one attached hydrogen (secondary N) is 1. The number of nitrogens with zero attached hydrogens (tertiary/aromatic N) is 1. The van der Waals surface area contributed by atoms with E-state index in [2.05, 4.69) is 10.5 Å². The maximum atomic E-state index is 11.6. The Balaban J connectivity index is 2.33. The lowest BCUT2D eigenvalue weighted by Gasteiger charge is -2.06. The second kappa shape index (κ2) is 8.54. The molecule has 0 aromatic heterocycles. The zero-order chi connectivity index (χ0) is 15.7. The third-order valence-electron chi connectivity index (χ3n) is 2.54. The van der Waals surface area contributed by atoms with E-state index in [-0.39, 0.29) is 31.4 Å². The number of nitrogens with two attached hydrogens (primary N) is 2. The minimum absolute atomic E-state index is 0.0117. The number of amides is 2. The molecule has 0 radical (unpaired) electrons. The summed E-state index contributed by atoms with van der Waals surface area (Å²) in [6, 6.07) is 6.76. The van der Waals surface area contributed by atoms with Crippen LogP contribution >= 0.6 is 0 Å². The highest BCUT2D eigenvalue weighted by atomic mass is 16.5. The number of benzene rings is 1. The fraction of sp³-hybridized carbons (Fsp3) is 0.308. The Bertz CT molecular complexity index is 513. The van der Waals surface area contributed by atoms with Crippen LogP contribution in [0, 0.1) is 0 Å². The molecule has 0 aliphatic heterocycles. The summed E-state index contributed by atoms with van der Waals surface area (Å²) in [6.07, 6.45) is 0.201. The maximum Gasteiger partial charge on any atom is 0.243 e. The van der Waals surface area contributed by atoms with E-state index in [4.69, 9.17) is 21.4 Å². The van der Waals surface area contributed by atoms with Gasteiger partial charge in [-0.3, -0.25) is 9.59 Å². The molecule has 1 aromatic rings. The lowest BCUT2D eigenvalue weighted by atomic mass is 10.1. The highest BCUT2D eigenvalue weighted by Crippen LogP contribution is 2.05. The zero-order valence-electron chi connectivity index (χ0n) is 11.4. The monoisotopic (exact) mass is 294 g/mol. The number of hydrogen-bond donors (Lipinski definition) is 4. The molecule has 0 aliphatic carbocycles. The van der Waals surface area contributed by atoms with Crippen LogP contribution in [0.5, 0.6) is 0 Å². The van der Waals surface area contributed by atoms with Crippen molar-refractivity contribution in [1.29, 1.82) is 0 Å². The van der Waals surface area contributed by atoms with Crippen LogP contribution in [0.1, 0.15) is 11.1 Å². The van der Waals surface area contributed by atoms with Crippen molar-refractivity contribution in [3.8, 4) is 0 Å². The molecule has 114 valence electrons. The van der Waals surface area contributed by atoms with Crippen LogP contribution in [0.3, 0.4) is 0 Å². The van der Waals surface area contributed by atoms with Gasteiger partial charge in [-0.25, -0.2) is 0 Å². The summed E-state index contributed by atoms with van der Waals surface area (Å²) in [6.45, 7) is 0.358. The largest absolute Gasteiger partial charge is 0.409 e. The molecule has 0 saturated heterocycles. The predicted octanol–water partition coefficient (Wildman–Crippen LogP) is -1.06. The van der Waals surface area contributed by atoms with Crippen LogP contribution in [0.2, 0.25) is 0 Å². The van der Waals surface area contributed by atoms with E-state index in [1.165, 1.54) is 0 Å². The molecule has 0 unspecified atom stereocenters. The molecule has 0 atom stereocenters. The number of oxime groups is 1. The molecular formula is C13H18N4O4. The van der Waals surface area contributed by atoms with Gasteiger partial charge in [0.1, 0.15) is 6.61 Å². The number of carbonyl (C=O) groups excluding carboxylic acids is 2. The second-order valence-electron chi connectivity index (χ2n) is 4.23. The van der Waals surface area contributed by atoms with Gasteiger partial charge in [-0.1, -0.05) is 29.4 Å². The minimum atomic E-state index is -0.549. The molecule has 21 heavy (non-hydrogen) atoms.